The zero-order valence-electron chi connectivity index (χ0n) is 11.4. The van der Waals surface area contributed by atoms with Gasteiger partial charge in [0.2, 0.25) is 12.3 Å². The molecule has 3 rings (SSSR count). The van der Waals surface area contributed by atoms with Crippen LogP contribution in [-0.2, 0) is 6.54 Å². The SMILES string of the molecule is Cc1cc[n+](CC(=O)c2cccc3ccccc23)cc1. The maximum atomic E-state index is 12.5. The van der Waals surface area contributed by atoms with E-state index in [1.54, 1.807) is 0 Å². The van der Waals surface area contributed by atoms with Crippen LogP contribution in [0.4, 0.5) is 0 Å². The molecule has 0 N–H and O–H groups in total. The second-order valence-corrected chi connectivity index (χ2v) is 5.00. The minimum atomic E-state index is 0.135. The van der Waals surface area contributed by atoms with E-state index in [0.717, 1.165) is 16.3 Å². The number of carbonyl (C=O) groups is 1. The standard InChI is InChI=1S/C18H16NO/c1-14-9-11-19(12-10-14)13-18(20)17-8-4-6-15-5-2-3-7-16(15)17/h2-12H,13H2,1H3/q+1. The van der Waals surface area contributed by atoms with Gasteiger partial charge in [-0.25, -0.2) is 0 Å². The number of ketones is 1. The molecule has 0 aliphatic carbocycles. The molecular weight excluding hydrogens is 246 g/mol. The summed E-state index contributed by atoms with van der Waals surface area (Å²) in [4.78, 5) is 12.5. The first kappa shape index (κ1) is 12.5. The molecule has 0 unspecified atom stereocenters. The van der Waals surface area contributed by atoms with Crippen LogP contribution in [0.3, 0.4) is 0 Å². The van der Waals surface area contributed by atoms with Crippen LogP contribution in [0, 0.1) is 6.92 Å². The van der Waals surface area contributed by atoms with Crippen molar-refractivity contribution in [2.45, 2.75) is 13.5 Å². The number of aryl methyl sites for hydroxylation is 1. The normalized spacial score (nSPS) is 10.7. The molecule has 0 aliphatic heterocycles. The number of benzene rings is 2. The molecule has 1 aromatic heterocycles. The Morgan fingerprint density at radius 1 is 0.950 bits per heavy atom. The summed E-state index contributed by atoms with van der Waals surface area (Å²) in [5, 5.41) is 2.12. The molecule has 2 nitrogen and oxygen atoms in total. The molecule has 0 bridgehead atoms. The monoisotopic (exact) mass is 262 g/mol. The van der Waals surface area contributed by atoms with Crippen LogP contribution in [0.5, 0.6) is 0 Å². The molecule has 0 aliphatic rings. The van der Waals surface area contributed by atoms with Crippen LogP contribution in [0.2, 0.25) is 0 Å². The first-order valence-corrected chi connectivity index (χ1v) is 6.71. The number of aromatic nitrogens is 1. The number of fused-ring (bicyclic) bond motifs is 1. The van der Waals surface area contributed by atoms with Crippen LogP contribution < -0.4 is 4.57 Å². The lowest BCUT2D eigenvalue weighted by atomic mass is 10.0. The number of nitrogens with zero attached hydrogens (tertiary/aromatic N) is 1. The fourth-order valence-electron chi connectivity index (χ4n) is 2.36. The zero-order valence-corrected chi connectivity index (χ0v) is 11.4. The predicted molar refractivity (Wildman–Crippen MR) is 79.7 cm³/mol. The van der Waals surface area contributed by atoms with E-state index in [1.807, 2.05) is 78.5 Å². The van der Waals surface area contributed by atoms with Crippen molar-refractivity contribution in [1.82, 2.24) is 0 Å². The number of pyridine rings is 1. The van der Waals surface area contributed by atoms with Gasteiger partial charge in [-0.15, -0.1) is 0 Å². The molecule has 1 heterocycles. The van der Waals surface area contributed by atoms with E-state index in [1.165, 1.54) is 5.56 Å². The molecule has 0 spiro atoms. The Morgan fingerprint density at radius 3 is 2.45 bits per heavy atom. The lowest BCUT2D eigenvalue weighted by molar-refractivity contribution is -0.683. The van der Waals surface area contributed by atoms with Gasteiger partial charge >= 0.3 is 0 Å². The quantitative estimate of drug-likeness (QED) is 0.524. The molecule has 0 saturated carbocycles. The third-order valence-corrected chi connectivity index (χ3v) is 3.47. The summed E-state index contributed by atoms with van der Waals surface area (Å²) in [5.41, 5.74) is 1.98. The van der Waals surface area contributed by atoms with Gasteiger partial charge in [0.25, 0.3) is 0 Å². The second-order valence-electron chi connectivity index (χ2n) is 5.00. The summed E-state index contributed by atoms with van der Waals surface area (Å²) >= 11 is 0. The molecule has 98 valence electrons. The van der Waals surface area contributed by atoms with Crippen molar-refractivity contribution < 1.29 is 9.36 Å². The van der Waals surface area contributed by atoms with E-state index in [0.29, 0.717) is 6.54 Å². The highest BCUT2D eigenvalue weighted by Gasteiger charge is 2.14. The van der Waals surface area contributed by atoms with Crippen LogP contribution in [0.1, 0.15) is 15.9 Å². The molecule has 0 radical (unpaired) electrons. The van der Waals surface area contributed by atoms with Gasteiger partial charge < -0.3 is 0 Å². The van der Waals surface area contributed by atoms with E-state index >= 15 is 0 Å². The Hall–Kier alpha value is -2.48. The average molecular weight is 262 g/mol. The molecule has 0 saturated heterocycles. The number of Topliss-reactive ketones (excluding diaryl/α,β-unsaturated/α-hetero) is 1. The van der Waals surface area contributed by atoms with Crippen molar-refractivity contribution in [2.24, 2.45) is 0 Å². The zero-order chi connectivity index (χ0) is 13.9. The lowest BCUT2D eigenvalue weighted by Crippen LogP contribution is -2.37. The van der Waals surface area contributed by atoms with E-state index in [2.05, 4.69) is 0 Å². The van der Waals surface area contributed by atoms with E-state index in [-0.39, 0.29) is 5.78 Å². The Labute approximate surface area is 118 Å². The van der Waals surface area contributed by atoms with E-state index in [9.17, 15) is 4.79 Å². The Bertz CT molecular complexity index is 754. The minimum absolute atomic E-state index is 0.135. The third-order valence-electron chi connectivity index (χ3n) is 3.47. The largest absolute Gasteiger partial charge is 0.287 e. The summed E-state index contributed by atoms with van der Waals surface area (Å²) in [6.45, 7) is 2.41. The van der Waals surface area contributed by atoms with Gasteiger partial charge in [-0.05, 0) is 23.3 Å². The Morgan fingerprint density at radius 2 is 1.65 bits per heavy atom. The van der Waals surface area contributed by atoms with Crippen molar-refractivity contribution >= 4 is 16.6 Å². The molecule has 2 heteroatoms. The predicted octanol–water partition coefficient (Wildman–Crippen LogP) is 3.32. The fraction of sp³-hybridized carbons (Fsp3) is 0.111. The molecular formula is C18H16NO+. The fourth-order valence-corrected chi connectivity index (χ4v) is 2.36. The number of hydrogen-bond acceptors (Lipinski definition) is 1. The maximum absolute atomic E-state index is 12.5. The highest BCUT2D eigenvalue weighted by molar-refractivity contribution is 6.07. The van der Waals surface area contributed by atoms with E-state index < -0.39 is 0 Å². The Balaban J connectivity index is 1.94. The average Bonchev–Trinajstić information content (AvgIpc) is 2.49. The molecule has 2 aromatic carbocycles. The van der Waals surface area contributed by atoms with Crippen LogP contribution >= 0.6 is 0 Å². The van der Waals surface area contributed by atoms with Crippen molar-refractivity contribution in [3.8, 4) is 0 Å². The van der Waals surface area contributed by atoms with Gasteiger partial charge in [0, 0.05) is 17.7 Å². The Kier molecular flexibility index (Phi) is 3.30. The van der Waals surface area contributed by atoms with Gasteiger partial charge in [-0.2, -0.15) is 4.57 Å². The molecule has 3 aromatic rings. The molecule has 0 fully saturated rings. The number of carbonyl (C=O) groups excluding carboxylic acids is 1. The summed E-state index contributed by atoms with van der Waals surface area (Å²) in [7, 11) is 0. The summed E-state index contributed by atoms with van der Waals surface area (Å²) < 4.78 is 1.91. The van der Waals surface area contributed by atoms with Crippen LogP contribution in [0.25, 0.3) is 10.8 Å². The van der Waals surface area contributed by atoms with Gasteiger partial charge in [-0.1, -0.05) is 42.5 Å². The topological polar surface area (TPSA) is 20.9 Å². The van der Waals surface area contributed by atoms with Crippen LogP contribution in [-0.4, -0.2) is 5.78 Å². The highest BCUT2D eigenvalue weighted by Crippen LogP contribution is 2.18. The minimum Gasteiger partial charge on any atom is -0.287 e. The van der Waals surface area contributed by atoms with Gasteiger partial charge in [0.15, 0.2) is 12.4 Å². The summed E-state index contributed by atoms with van der Waals surface area (Å²) in [6, 6.07) is 17.9. The smallest absolute Gasteiger partial charge is 0.228 e. The first-order chi connectivity index (χ1) is 9.74. The summed E-state index contributed by atoms with van der Waals surface area (Å²) in [6.07, 6.45) is 3.89. The maximum Gasteiger partial charge on any atom is 0.228 e. The molecule has 0 atom stereocenters. The third kappa shape index (κ3) is 2.45. The molecule has 20 heavy (non-hydrogen) atoms. The number of hydrogen-bond donors (Lipinski definition) is 0. The van der Waals surface area contributed by atoms with Gasteiger partial charge in [0.05, 0.1) is 0 Å². The van der Waals surface area contributed by atoms with Crippen molar-refractivity contribution in [2.75, 3.05) is 0 Å². The highest BCUT2D eigenvalue weighted by atomic mass is 16.1. The first-order valence-electron chi connectivity index (χ1n) is 6.71. The number of rotatable bonds is 3. The van der Waals surface area contributed by atoms with Crippen molar-refractivity contribution in [1.29, 1.82) is 0 Å². The summed E-state index contributed by atoms with van der Waals surface area (Å²) in [5.74, 6) is 0.135. The lowest BCUT2D eigenvalue weighted by Gasteiger charge is -2.04. The van der Waals surface area contributed by atoms with Crippen molar-refractivity contribution in [3.05, 3.63) is 78.1 Å². The van der Waals surface area contributed by atoms with Crippen molar-refractivity contribution in [3.63, 3.8) is 0 Å². The second kappa shape index (κ2) is 5.25. The molecule has 0 amide bonds. The van der Waals surface area contributed by atoms with Gasteiger partial charge in [-0.3, -0.25) is 4.79 Å². The van der Waals surface area contributed by atoms with E-state index in [4.69, 9.17) is 0 Å². The van der Waals surface area contributed by atoms with Gasteiger partial charge in [0.1, 0.15) is 0 Å². The van der Waals surface area contributed by atoms with Crippen LogP contribution in [0.15, 0.2) is 67.0 Å².